The van der Waals surface area contributed by atoms with Gasteiger partial charge in [-0.2, -0.15) is 0 Å². The van der Waals surface area contributed by atoms with Crippen molar-refractivity contribution in [3.05, 3.63) is 22.7 Å². The molecule has 0 spiro atoms. The molecule has 1 aromatic rings. The number of halogens is 1. The number of hydrogen-bond acceptors (Lipinski definition) is 4. The highest BCUT2D eigenvalue weighted by Crippen LogP contribution is 2.28. The molecule has 0 heterocycles. The Morgan fingerprint density at radius 3 is 2.71 bits per heavy atom. The Labute approximate surface area is 109 Å². The zero-order chi connectivity index (χ0) is 12.9. The van der Waals surface area contributed by atoms with Crippen LogP contribution in [0, 0.1) is 0 Å². The van der Waals surface area contributed by atoms with E-state index < -0.39 is 10.0 Å². The maximum absolute atomic E-state index is 11.6. The summed E-state index contributed by atoms with van der Waals surface area (Å²) in [6, 6.07) is 4.89. The number of sulfonamides is 1. The van der Waals surface area contributed by atoms with Gasteiger partial charge in [0.1, 0.15) is 5.75 Å². The Hall–Kier alpha value is -0.790. The molecule has 5 nitrogen and oxygen atoms in total. The lowest BCUT2D eigenvalue weighted by Gasteiger charge is -2.09. The third kappa shape index (κ3) is 4.53. The first-order valence-electron chi connectivity index (χ1n) is 4.93. The van der Waals surface area contributed by atoms with Crippen LogP contribution in [0.3, 0.4) is 0 Å². The van der Waals surface area contributed by atoms with Crippen LogP contribution in [0.1, 0.15) is 6.42 Å². The van der Waals surface area contributed by atoms with Gasteiger partial charge in [0, 0.05) is 12.3 Å². The van der Waals surface area contributed by atoms with Gasteiger partial charge >= 0.3 is 0 Å². The van der Waals surface area contributed by atoms with E-state index >= 15 is 0 Å². The molecule has 0 aliphatic rings. The Balaban J connectivity index is 2.78. The molecule has 0 aliphatic carbocycles. The molecule has 0 aromatic heterocycles. The molecule has 1 rings (SSSR count). The molecule has 0 amide bonds. The van der Waals surface area contributed by atoms with E-state index in [0.717, 1.165) is 0 Å². The monoisotopic (exact) mass is 323 g/mol. The van der Waals surface area contributed by atoms with Crippen molar-refractivity contribution in [2.75, 3.05) is 24.2 Å². The molecule has 0 atom stereocenters. The van der Waals surface area contributed by atoms with E-state index in [1.807, 2.05) is 0 Å². The normalized spacial score (nSPS) is 11.2. The van der Waals surface area contributed by atoms with Gasteiger partial charge in [-0.15, -0.1) is 0 Å². The number of ether oxygens (including phenoxy) is 1. The van der Waals surface area contributed by atoms with E-state index in [0.29, 0.717) is 15.9 Å². The molecule has 0 saturated carbocycles. The lowest BCUT2D eigenvalue weighted by atomic mass is 10.3. The number of nitrogens with one attached hydrogen (secondary N) is 1. The minimum Gasteiger partial charge on any atom is -0.496 e. The molecule has 0 unspecified atom stereocenters. The molecule has 0 bridgehead atoms. The highest BCUT2D eigenvalue weighted by atomic mass is 79.9. The van der Waals surface area contributed by atoms with Crippen molar-refractivity contribution in [1.82, 2.24) is 0 Å². The number of benzene rings is 1. The number of aliphatic hydroxyl groups is 1. The second kappa shape index (κ2) is 6.23. The average Bonchev–Trinajstić information content (AvgIpc) is 2.26. The van der Waals surface area contributed by atoms with Gasteiger partial charge in [0.15, 0.2) is 0 Å². The fourth-order valence-corrected chi connectivity index (χ4v) is 2.85. The lowest BCUT2D eigenvalue weighted by Crippen LogP contribution is -2.17. The molecular formula is C10H14BrNO4S. The maximum Gasteiger partial charge on any atom is 0.232 e. The van der Waals surface area contributed by atoms with Gasteiger partial charge in [-0.05, 0) is 40.5 Å². The predicted molar refractivity (Wildman–Crippen MR) is 69.8 cm³/mol. The van der Waals surface area contributed by atoms with Gasteiger partial charge in [-0.25, -0.2) is 8.42 Å². The minimum absolute atomic E-state index is 0.104. The third-order valence-electron chi connectivity index (χ3n) is 2.00. The summed E-state index contributed by atoms with van der Waals surface area (Å²) in [4.78, 5) is 0. The topological polar surface area (TPSA) is 75.6 Å². The molecular weight excluding hydrogens is 310 g/mol. The van der Waals surface area contributed by atoms with Crippen LogP contribution in [0.25, 0.3) is 0 Å². The third-order valence-corrected chi connectivity index (χ3v) is 3.99. The van der Waals surface area contributed by atoms with Crippen molar-refractivity contribution in [1.29, 1.82) is 0 Å². The van der Waals surface area contributed by atoms with Crippen LogP contribution < -0.4 is 9.46 Å². The van der Waals surface area contributed by atoms with Crippen LogP contribution in [-0.2, 0) is 10.0 Å². The standard InChI is InChI=1S/C10H14BrNO4S/c1-16-10-4-3-8(7-9(10)11)12-17(14,15)6-2-5-13/h3-4,7,12-13H,2,5-6H2,1H3. The van der Waals surface area contributed by atoms with Gasteiger partial charge in [0.25, 0.3) is 0 Å². The summed E-state index contributed by atoms with van der Waals surface area (Å²) in [6.45, 7) is -0.146. The van der Waals surface area contributed by atoms with Crippen molar-refractivity contribution in [3.63, 3.8) is 0 Å². The second-order valence-electron chi connectivity index (χ2n) is 3.35. The average molecular weight is 324 g/mol. The molecule has 0 saturated heterocycles. The van der Waals surface area contributed by atoms with Crippen molar-refractivity contribution < 1.29 is 18.3 Å². The largest absolute Gasteiger partial charge is 0.496 e. The molecule has 1 aromatic carbocycles. The van der Waals surface area contributed by atoms with Gasteiger partial charge in [-0.1, -0.05) is 0 Å². The summed E-state index contributed by atoms with van der Waals surface area (Å²) < 4.78 is 31.2. The van der Waals surface area contributed by atoms with Gasteiger partial charge in [0.2, 0.25) is 10.0 Å². The molecule has 2 N–H and O–H groups in total. The summed E-state index contributed by atoms with van der Waals surface area (Å²) in [5, 5.41) is 8.59. The number of anilines is 1. The van der Waals surface area contributed by atoms with Crippen LogP contribution in [-0.4, -0.2) is 33.0 Å². The summed E-state index contributed by atoms with van der Waals surface area (Å²) in [5.41, 5.74) is 0.454. The minimum atomic E-state index is -3.40. The van der Waals surface area contributed by atoms with E-state index in [1.165, 1.54) is 7.11 Å². The van der Waals surface area contributed by atoms with Crippen molar-refractivity contribution in [3.8, 4) is 5.75 Å². The first kappa shape index (κ1) is 14.3. The van der Waals surface area contributed by atoms with Crippen molar-refractivity contribution in [2.45, 2.75) is 6.42 Å². The highest BCUT2D eigenvalue weighted by molar-refractivity contribution is 9.10. The van der Waals surface area contributed by atoms with Gasteiger partial charge in [0.05, 0.1) is 17.3 Å². The molecule has 17 heavy (non-hydrogen) atoms. The number of aliphatic hydroxyl groups excluding tert-OH is 1. The number of methoxy groups -OCH3 is 1. The second-order valence-corrected chi connectivity index (χ2v) is 6.04. The zero-order valence-corrected chi connectivity index (χ0v) is 11.7. The number of rotatable bonds is 6. The Morgan fingerprint density at radius 1 is 1.47 bits per heavy atom. The molecule has 96 valence electrons. The molecule has 0 radical (unpaired) electrons. The van der Waals surface area contributed by atoms with E-state index in [1.54, 1.807) is 18.2 Å². The van der Waals surface area contributed by atoms with Crippen LogP contribution in [0.5, 0.6) is 5.75 Å². The van der Waals surface area contributed by atoms with Gasteiger partial charge < -0.3 is 9.84 Å². The smallest absolute Gasteiger partial charge is 0.232 e. The van der Waals surface area contributed by atoms with E-state index in [9.17, 15) is 8.42 Å². The van der Waals surface area contributed by atoms with Crippen molar-refractivity contribution >= 4 is 31.6 Å². The van der Waals surface area contributed by atoms with Gasteiger partial charge in [-0.3, -0.25) is 4.72 Å². The summed E-state index contributed by atoms with van der Waals surface area (Å²) in [7, 11) is -1.87. The highest BCUT2D eigenvalue weighted by Gasteiger charge is 2.10. The molecule has 0 fully saturated rings. The maximum atomic E-state index is 11.6. The van der Waals surface area contributed by atoms with E-state index in [4.69, 9.17) is 9.84 Å². The van der Waals surface area contributed by atoms with Crippen LogP contribution in [0.2, 0.25) is 0 Å². The first-order valence-corrected chi connectivity index (χ1v) is 7.38. The number of hydrogen-bond donors (Lipinski definition) is 2. The van der Waals surface area contributed by atoms with E-state index in [2.05, 4.69) is 20.7 Å². The Morgan fingerprint density at radius 2 is 2.18 bits per heavy atom. The fourth-order valence-electron chi connectivity index (χ4n) is 1.22. The van der Waals surface area contributed by atoms with E-state index in [-0.39, 0.29) is 18.8 Å². The summed E-state index contributed by atoms with van der Waals surface area (Å²) >= 11 is 3.27. The molecule has 7 heteroatoms. The first-order chi connectivity index (χ1) is 7.98. The summed E-state index contributed by atoms with van der Waals surface area (Å²) in [5.74, 6) is 0.524. The fraction of sp³-hybridized carbons (Fsp3) is 0.400. The van der Waals surface area contributed by atoms with Crippen LogP contribution in [0.15, 0.2) is 22.7 Å². The quantitative estimate of drug-likeness (QED) is 0.833. The predicted octanol–water partition coefficient (Wildman–Crippen LogP) is 1.58. The zero-order valence-electron chi connectivity index (χ0n) is 9.31. The van der Waals surface area contributed by atoms with Crippen LogP contribution >= 0.6 is 15.9 Å². The van der Waals surface area contributed by atoms with Crippen LogP contribution in [0.4, 0.5) is 5.69 Å². The molecule has 0 aliphatic heterocycles. The van der Waals surface area contributed by atoms with Crippen molar-refractivity contribution in [2.24, 2.45) is 0 Å². The Bertz CT molecular complexity index is 475. The SMILES string of the molecule is COc1ccc(NS(=O)(=O)CCCO)cc1Br. The lowest BCUT2D eigenvalue weighted by molar-refractivity contribution is 0.295. The summed E-state index contributed by atoms with van der Waals surface area (Å²) in [6.07, 6.45) is 0.215. The Kier molecular flexibility index (Phi) is 5.23.